The lowest BCUT2D eigenvalue weighted by Crippen LogP contribution is -2.45. The van der Waals surface area contributed by atoms with Crippen LogP contribution in [0.4, 0.5) is 5.69 Å². The summed E-state index contributed by atoms with van der Waals surface area (Å²) >= 11 is 6.11. The van der Waals surface area contributed by atoms with Crippen LogP contribution in [-0.4, -0.2) is 31.1 Å². The fraction of sp³-hybridized carbons (Fsp3) is 0.571. The van der Waals surface area contributed by atoms with E-state index in [2.05, 4.69) is 17.1 Å². The van der Waals surface area contributed by atoms with Crippen molar-refractivity contribution in [3.63, 3.8) is 0 Å². The van der Waals surface area contributed by atoms with Crippen molar-refractivity contribution in [1.82, 2.24) is 10.2 Å². The Morgan fingerprint density at radius 2 is 1.95 bits per heavy atom. The highest BCUT2D eigenvalue weighted by molar-refractivity contribution is 6.30. The quantitative estimate of drug-likeness (QED) is 0.824. The van der Waals surface area contributed by atoms with E-state index in [0.717, 1.165) is 49.7 Å². The molecule has 1 heterocycles. The Morgan fingerprint density at radius 3 is 2.55 bits per heavy atom. The van der Waals surface area contributed by atoms with Crippen LogP contribution in [0.2, 0.25) is 5.02 Å². The van der Waals surface area contributed by atoms with Gasteiger partial charge >= 0.3 is 0 Å². The molecule has 0 aromatic heterocycles. The Labute approximate surface area is 139 Å². The molecule has 2 rings (SSSR count). The van der Waals surface area contributed by atoms with Gasteiger partial charge in [-0.3, -0.25) is 4.90 Å². The monoisotopic (exact) mass is 339 g/mol. The molecule has 1 aromatic rings. The topological polar surface area (TPSA) is 41.3 Å². The Balaban J connectivity index is 0.00000180. The highest BCUT2D eigenvalue weighted by Gasteiger charge is 2.23. The highest BCUT2D eigenvalue weighted by atomic mass is 35.5. The molecule has 6 heteroatoms. The average Bonchev–Trinajstić information content (AvgIpc) is 2.40. The second-order valence-corrected chi connectivity index (χ2v) is 5.30. The zero-order valence-electron chi connectivity index (χ0n) is 11.8. The molecule has 0 radical (unpaired) electrons. The van der Waals surface area contributed by atoms with Crippen molar-refractivity contribution in [3.05, 3.63) is 28.8 Å². The summed E-state index contributed by atoms with van der Waals surface area (Å²) in [6.07, 6.45) is 2.28. The van der Waals surface area contributed by atoms with Crippen molar-refractivity contribution in [1.29, 1.82) is 0 Å². The second-order valence-electron chi connectivity index (χ2n) is 4.86. The first-order chi connectivity index (χ1) is 8.72. The van der Waals surface area contributed by atoms with Crippen LogP contribution in [0.1, 0.15) is 31.4 Å². The molecule has 0 spiro atoms. The van der Waals surface area contributed by atoms with Gasteiger partial charge in [-0.05, 0) is 30.2 Å². The number of hydrogen-bond donors (Lipinski definition) is 2. The number of nitrogen functional groups attached to an aromatic ring is 1. The second kappa shape index (κ2) is 9.69. The zero-order valence-corrected chi connectivity index (χ0v) is 14.2. The zero-order chi connectivity index (χ0) is 13.0. The van der Waals surface area contributed by atoms with Gasteiger partial charge in [0.05, 0.1) is 0 Å². The summed E-state index contributed by atoms with van der Waals surface area (Å²) in [5.41, 5.74) is 8.17. The van der Waals surface area contributed by atoms with Crippen LogP contribution < -0.4 is 11.1 Å². The third kappa shape index (κ3) is 4.97. The van der Waals surface area contributed by atoms with Crippen LogP contribution in [-0.2, 0) is 0 Å². The minimum absolute atomic E-state index is 0. The summed E-state index contributed by atoms with van der Waals surface area (Å²) < 4.78 is 0. The maximum Gasteiger partial charge on any atom is 0.0410 e. The number of rotatable bonds is 4. The predicted molar refractivity (Wildman–Crippen MR) is 92.5 cm³/mol. The first-order valence-electron chi connectivity index (χ1n) is 6.72. The third-order valence-corrected chi connectivity index (χ3v) is 3.80. The van der Waals surface area contributed by atoms with E-state index in [4.69, 9.17) is 17.3 Å². The van der Waals surface area contributed by atoms with Crippen LogP contribution in [0.5, 0.6) is 0 Å². The van der Waals surface area contributed by atoms with E-state index in [0.29, 0.717) is 6.04 Å². The number of nitrogens with zero attached hydrogens (tertiary/aromatic N) is 1. The van der Waals surface area contributed by atoms with Gasteiger partial charge in [-0.15, -0.1) is 24.8 Å². The molecule has 1 aliphatic heterocycles. The first-order valence-corrected chi connectivity index (χ1v) is 7.10. The van der Waals surface area contributed by atoms with E-state index in [-0.39, 0.29) is 24.8 Å². The van der Waals surface area contributed by atoms with E-state index < -0.39 is 0 Å². The molecule has 3 nitrogen and oxygen atoms in total. The minimum atomic E-state index is 0. The number of piperazine rings is 1. The minimum Gasteiger partial charge on any atom is -0.398 e. The largest absolute Gasteiger partial charge is 0.398 e. The van der Waals surface area contributed by atoms with Crippen molar-refractivity contribution in [2.24, 2.45) is 0 Å². The average molecular weight is 341 g/mol. The summed E-state index contributed by atoms with van der Waals surface area (Å²) in [4.78, 5) is 2.52. The molecule has 1 fully saturated rings. The van der Waals surface area contributed by atoms with Crippen LogP contribution in [0, 0.1) is 0 Å². The van der Waals surface area contributed by atoms with Crippen LogP contribution in [0.25, 0.3) is 0 Å². The molecule has 1 aromatic carbocycles. The first kappa shape index (κ1) is 19.8. The number of anilines is 1. The lowest BCUT2D eigenvalue weighted by molar-refractivity contribution is 0.165. The summed E-state index contributed by atoms with van der Waals surface area (Å²) in [7, 11) is 0. The fourth-order valence-electron chi connectivity index (χ4n) is 2.64. The van der Waals surface area contributed by atoms with Gasteiger partial charge in [0.1, 0.15) is 0 Å². The molecule has 0 amide bonds. The Hall–Kier alpha value is -0.190. The fourth-order valence-corrected chi connectivity index (χ4v) is 2.82. The lowest BCUT2D eigenvalue weighted by atomic mass is 9.98. The number of benzene rings is 1. The van der Waals surface area contributed by atoms with E-state index in [1.54, 1.807) is 0 Å². The van der Waals surface area contributed by atoms with Crippen LogP contribution >= 0.6 is 36.4 Å². The van der Waals surface area contributed by atoms with Gasteiger partial charge in [0, 0.05) is 42.9 Å². The smallest absolute Gasteiger partial charge is 0.0410 e. The normalized spacial score (nSPS) is 16.9. The van der Waals surface area contributed by atoms with Crippen LogP contribution in [0.3, 0.4) is 0 Å². The van der Waals surface area contributed by atoms with Gasteiger partial charge in [0.15, 0.2) is 0 Å². The van der Waals surface area contributed by atoms with Crippen LogP contribution in [0.15, 0.2) is 18.2 Å². The van der Waals surface area contributed by atoms with E-state index in [9.17, 15) is 0 Å². The van der Waals surface area contributed by atoms with Crippen molar-refractivity contribution < 1.29 is 0 Å². The van der Waals surface area contributed by atoms with E-state index >= 15 is 0 Å². The molecule has 0 unspecified atom stereocenters. The summed E-state index contributed by atoms with van der Waals surface area (Å²) in [6, 6.07) is 6.21. The molecule has 1 atom stereocenters. The Morgan fingerprint density at radius 1 is 1.30 bits per heavy atom. The Kier molecular flexibility index (Phi) is 9.60. The van der Waals surface area contributed by atoms with E-state index in [1.807, 2.05) is 18.2 Å². The summed E-state index contributed by atoms with van der Waals surface area (Å²) in [6.45, 7) is 6.49. The lowest BCUT2D eigenvalue weighted by Gasteiger charge is -2.35. The summed E-state index contributed by atoms with van der Waals surface area (Å²) in [5, 5.41) is 4.16. The molecule has 3 N–H and O–H groups in total. The molecule has 116 valence electrons. The van der Waals surface area contributed by atoms with Crippen molar-refractivity contribution >= 4 is 42.1 Å². The molecule has 1 aliphatic rings. The van der Waals surface area contributed by atoms with Crippen molar-refractivity contribution in [3.8, 4) is 0 Å². The maximum atomic E-state index is 6.13. The highest BCUT2D eigenvalue weighted by Crippen LogP contribution is 2.32. The molecule has 0 aliphatic carbocycles. The SMILES string of the molecule is CCC[C@H](c1cc(Cl)ccc1N)N1CCNCC1.Cl.Cl. The number of halogens is 3. The van der Waals surface area contributed by atoms with Crippen molar-refractivity contribution in [2.75, 3.05) is 31.9 Å². The van der Waals surface area contributed by atoms with Gasteiger partial charge in [-0.25, -0.2) is 0 Å². The number of nitrogens with one attached hydrogen (secondary N) is 1. The summed E-state index contributed by atoms with van der Waals surface area (Å²) in [5.74, 6) is 0. The molecular weight excluding hydrogens is 317 g/mol. The number of hydrogen-bond acceptors (Lipinski definition) is 3. The third-order valence-electron chi connectivity index (χ3n) is 3.56. The predicted octanol–water partition coefficient (Wildman–Crippen LogP) is 3.51. The molecule has 20 heavy (non-hydrogen) atoms. The van der Waals surface area contributed by atoms with Gasteiger partial charge in [-0.2, -0.15) is 0 Å². The van der Waals surface area contributed by atoms with Gasteiger partial charge < -0.3 is 11.1 Å². The standard InChI is InChI=1S/C14H22ClN3.2ClH/c1-2-3-14(18-8-6-17-7-9-18)12-10-11(15)4-5-13(12)16;;/h4-5,10,14,17H,2-3,6-9,16H2,1H3;2*1H/t14-;;/m1../s1. The maximum absolute atomic E-state index is 6.13. The van der Waals surface area contributed by atoms with Gasteiger partial charge in [0.2, 0.25) is 0 Å². The van der Waals surface area contributed by atoms with Crippen molar-refractivity contribution in [2.45, 2.75) is 25.8 Å². The van der Waals surface area contributed by atoms with Gasteiger partial charge in [0.25, 0.3) is 0 Å². The molecular formula is C14H24Cl3N3. The van der Waals surface area contributed by atoms with Gasteiger partial charge in [-0.1, -0.05) is 24.9 Å². The number of nitrogens with two attached hydrogens (primary N) is 1. The molecule has 1 saturated heterocycles. The van der Waals surface area contributed by atoms with E-state index in [1.165, 1.54) is 5.56 Å². The Bertz CT molecular complexity index is 395. The molecule has 0 saturated carbocycles. The molecule has 0 bridgehead atoms.